The Morgan fingerprint density at radius 2 is 0.533 bits per heavy atom. The van der Waals surface area contributed by atoms with Crippen LogP contribution in [-0.4, -0.2) is 96.7 Å². The monoisotopic (exact) mass is 1320 g/mol. The van der Waals surface area contributed by atoms with Gasteiger partial charge in [-0.05, 0) is 31.6 Å². The number of hydrogen-bond donors (Lipinski definition) is 3. The highest BCUT2D eigenvalue weighted by Gasteiger charge is 2.30. The van der Waals surface area contributed by atoms with Crippen LogP contribution in [0.3, 0.4) is 0 Å². The molecule has 19 heteroatoms. The lowest BCUT2D eigenvalue weighted by Crippen LogP contribution is -2.30. The highest BCUT2D eigenvalue weighted by molar-refractivity contribution is 7.47. The maximum atomic E-state index is 13.0. The van der Waals surface area contributed by atoms with Crippen LogP contribution in [0.5, 0.6) is 0 Å². The van der Waals surface area contributed by atoms with Crippen molar-refractivity contribution in [2.24, 2.45) is 5.92 Å². The molecule has 0 aromatic carbocycles. The molecule has 3 unspecified atom stereocenters. The number of phosphoric ester groups is 2. The maximum absolute atomic E-state index is 13.0. The minimum Gasteiger partial charge on any atom is -0.462 e. The molecule has 0 heterocycles. The van der Waals surface area contributed by atoms with Crippen molar-refractivity contribution in [3.8, 4) is 0 Å². The molecule has 0 aliphatic carbocycles. The summed E-state index contributed by atoms with van der Waals surface area (Å²) in [4.78, 5) is 72.6. The van der Waals surface area contributed by atoms with Crippen molar-refractivity contribution in [2.45, 2.75) is 387 Å². The molecule has 0 radical (unpaired) electrons. The van der Waals surface area contributed by atoms with Gasteiger partial charge in [0.25, 0.3) is 0 Å². The topological polar surface area (TPSA) is 237 Å². The molecule has 0 fully saturated rings. The lowest BCUT2D eigenvalue weighted by molar-refractivity contribution is -0.161. The molecule has 0 aliphatic heterocycles. The molecule has 3 N–H and O–H groups in total. The van der Waals surface area contributed by atoms with Gasteiger partial charge in [-0.25, -0.2) is 9.13 Å². The number of aliphatic hydroxyl groups excluding tert-OH is 1. The number of carbonyl (C=O) groups excluding carboxylic acids is 4. The van der Waals surface area contributed by atoms with Crippen LogP contribution in [0.4, 0.5) is 0 Å². The van der Waals surface area contributed by atoms with Crippen LogP contribution >= 0.6 is 15.6 Å². The lowest BCUT2D eigenvalue weighted by atomic mass is 9.99. The molecule has 0 spiro atoms. The molecule has 0 saturated carbocycles. The second-order valence-electron chi connectivity index (χ2n) is 25.9. The van der Waals surface area contributed by atoms with Gasteiger partial charge in [-0.1, -0.05) is 317 Å². The number of rotatable bonds is 71. The summed E-state index contributed by atoms with van der Waals surface area (Å²) >= 11 is 0. The number of hydrogen-bond acceptors (Lipinski definition) is 15. The first-order chi connectivity index (χ1) is 43.6. The van der Waals surface area contributed by atoms with Crippen molar-refractivity contribution in [1.82, 2.24) is 0 Å². The van der Waals surface area contributed by atoms with E-state index in [1.807, 2.05) is 0 Å². The van der Waals surface area contributed by atoms with Crippen molar-refractivity contribution in [2.75, 3.05) is 39.6 Å². The average molecular weight is 1330 g/mol. The maximum Gasteiger partial charge on any atom is 0.472 e. The van der Waals surface area contributed by atoms with E-state index < -0.39 is 97.5 Å². The summed E-state index contributed by atoms with van der Waals surface area (Å²) in [5, 5.41) is 10.6. The van der Waals surface area contributed by atoms with Crippen molar-refractivity contribution in [1.29, 1.82) is 0 Å². The molecule has 0 amide bonds. The molecule has 0 aliphatic rings. The van der Waals surface area contributed by atoms with Crippen molar-refractivity contribution < 1.29 is 80.2 Å². The number of ether oxygens (including phenoxy) is 4. The van der Waals surface area contributed by atoms with Crippen LogP contribution in [0, 0.1) is 5.92 Å². The predicted octanol–water partition coefficient (Wildman–Crippen LogP) is 20.5. The Hall–Kier alpha value is -1.94. The number of carbonyl (C=O) groups is 4. The van der Waals surface area contributed by atoms with Crippen LogP contribution < -0.4 is 0 Å². The van der Waals surface area contributed by atoms with E-state index in [4.69, 9.17) is 37.0 Å². The molecule has 534 valence electrons. The highest BCUT2D eigenvalue weighted by Crippen LogP contribution is 2.45. The molecule has 90 heavy (non-hydrogen) atoms. The summed E-state index contributed by atoms with van der Waals surface area (Å²) in [6, 6.07) is 0. The fourth-order valence-electron chi connectivity index (χ4n) is 10.8. The Labute approximate surface area is 549 Å². The zero-order valence-electron chi connectivity index (χ0n) is 58.3. The van der Waals surface area contributed by atoms with Gasteiger partial charge in [0.05, 0.1) is 26.4 Å². The van der Waals surface area contributed by atoms with E-state index in [2.05, 4.69) is 34.6 Å². The molecular formula is C71H138O17P2. The van der Waals surface area contributed by atoms with Gasteiger partial charge < -0.3 is 33.8 Å². The lowest BCUT2D eigenvalue weighted by Gasteiger charge is -2.21. The Bertz CT molecular complexity index is 1740. The molecular weight excluding hydrogens is 1190 g/mol. The van der Waals surface area contributed by atoms with Crippen LogP contribution in [0.25, 0.3) is 0 Å². The summed E-state index contributed by atoms with van der Waals surface area (Å²) < 4.78 is 68.3. The second kappa shape index (κ2) is 64.4. The number of unbranched alkanes of at least 4 members (excludes halogenated alkanes) is 42. The largest absolute Gasteiger partial charge is 0.472 e. The summed E-state index contributed by atoms with van der Waals surface area (Å²) in [6.45, 7) is 7.26. The van der Waals surface area contributed by atoms with Crippen LogP contribution in [0.1, 0.15) is 369 Å². The first kappa shape index (κ1) is 88.1. The van der Waals surface area contributed by atoms with Gasteiger partial charge in [0.2, 0.25) is 0 Å². The minimum atomic E-state index is -4.95. The van der Waals surface area contributed by atoms with Gasteiger partial charge in [0.15, 0.2) is 12.2 Å². The smallest absolute Gasteiger partial charge is 0.462 e. The molecule has 0 aromatic heterocycles. The molecule has 0 aromatic rings. The average Bonchev–Trinajstić information content (AvgIpc) is 3.69. The Balaban J connectivity index is 5.25. The zero-order chi connectivity index (χ0) is 66.3. The van der Waals surface area contributed by atoms with E-state index in [-0.39, 0.29) is 25.7 Å². The van der Waals surface area contributed by atoms with Crippen molar-refractivity contribution >= 4 is 39.5 Å². The summed E-state index contributed by atoms with van der Waals surface area (Å²) in [6.07, 6.45) is 51.1. The molecule has 0 bridgehead atoms. The van der Waals surface area contributed by atoms with Crippen molar-refractivity contribution in [3.63, 3.8) is 0 Å². The SMILES string of the molecule is CCCCCCCCCCCCCCCCCC(=O)O[C@H](COC(=O)CCCCCCCCCCC(C)CC)COP(=O)(O)OC[C@@H](O)COP(=O)(O)OC[C@@H](COC(=O)CCCCCCCCCCCCC)OC(=O)CCCCCCCCCCCCCC. The summed E-state index contributed by atoms with van der Waals surface area (Å²) in [7, 11) is -9.90. The first-order valence-corrected chi connectivity index (χ1v) is 40.2. The van der Waals surface area contributed by atoms with Gasteiger partial charge in [-0.3, -0.25) is 37.3 Å². The van der Waals surface area contributed by atoms with E-state index >= 15 is 0 Å². The van der Waals surface area contributed by atoms with Crippen molar-refractivity contribution in [3.05, 3.63) is 0 Å². The quantitative estimate of drug-likeness (QED) is 0.0222. The van der Waals surface area contributed by atoms with Gasteiger partial charge in [-0.2, -0.15) is 0 Å². The molecule has 0 saturated heterocycles. The van der Waals surface area contributed by atoms with Gasteiger partial charge in [-0.15, -0.1) is 0 Å². The van der Waals surface area contributed by atoms with Crippen LogP contribution in [0.2, 0.25) is 0 Å². The van der Waals surface area contributed by atoms with Gasteiger partial charge in [0.1, 0.15) is 19.3 Å². The first-order valence-electron chi connectivity index (χ1n) is 37.2. The third kappa shape index (κ3) is 63.5. The normalized spacial score (nSPS) is 14.4. The van der Waals surface area contributed by atoms with Gasteiger partial charge in [0, 0.05) is 25.7 Å². The second-order valence-corrected chi connectivity index (χ2v) is 28.8. The number of esters is 4. The zero-order valence-corrected chi connectivity index (χ0v) is 60.1. The molecule has 17 nitrogen and oxygen atoms in total. The van der Waals surface area contributed by atoms with E-state index in [1.165, 1.54) is 193 Å². The van der Waals surface area contributed by atoms with E-state index in [9.17, 15) is 43.2 Å². The fourth-order valence-corrected chi connectivity index (χ4v) is 12.4. The summed E-state index contributed by atoms with van der Waals surface area (Å²) in [5.74, 6) is -1.34. The summed E-state index contributed by atoms with van der Waals surface area (Å²) in [5.41, 5.74) is 0. The Morgan fingerprint density at radius 1 is 0.311 bits per heavy atom. The Morgan fingerprint density at radius 3 is 0.789 bits per heavy atom. The predicted molar refractivity (Wildman–Crippen MR) is 363 cm³/mol. The standard InChI is InChI=1S/C71H138O17P2/c1-6-10-13-16-19-22-25-27-28-29-32-35-42-47-52-57-71(76)88-67(61-82-69(74)55-50-45-40-37-36-38-43-48-53-64(5)9-4)63-86-90(79,80)84-59-65(72)58-83-89(77,78)85-62-66(60-81-68(73)54-49-44-39-33-30-24-21-18-15-12-8-3)87-70(75)56-51-46-41-34-31-26-23-20-17-14-11-7-2/h64-67,72H,6-63H2,1-5H3,(H,77,78)(H,79,80)/t64?,65-,66+,67+/m0/s1. The van der Waals surface area contributed by atoms with E-state index in [0.717, 1.165) is 95.8 Å². The number of aliphatic hydroxyl groups is 1. The van der Waals surface area contributed by atoms with E-state index in [1.54, 1.807) is 0 Å². The number of phosphoric acid groups is 2. The minimum absolute atomic E-state index is 0.108. The molecule has 6 atom stereocenters. The third-order valence-corrected chi connectivity index (χ3v) is 18.8. The Kier molecular flexibility index (Phi) is 63.0. The van der Waals surface area contributed by atoms with Gasteiger partial charge >= 0.3 is 39.5 Å². The molecule has 0 rings (SSSR count). The van der Waals surface area contributed by atoms with Crippen LogP contribution in [0.15, 0.2) is 0 Å². The van der Waals surface area contributed by atoms with E-state index in [0.29, 0.717) is 25.7 Å². The third-order valence-electron chi connectivity index (χ3n) is 16.9. The highest BCUT2D eigenvalue weighted by atomic mass is 31.2. The van der Waals surface area contributed by atoms with Crippen LogP contribution in [-0.2, 0) is 65.4 Å². The fraction of sp³-hybridized carbons (Fsp3) is 0.944.